The Hall–Kier alpha value is -2.53. The van der Waals surface area contributed by atoms with E-state index >= 15 is 0 Å². The smallest absolute Gasteiger partial charge is 0.245 e. The summed E-state index contributed by atoms with van der Waals surface area (Å²) < 4.78 is 12.2. The van der Waals surface area contributed by atoms with Crippen LogP contribution >= 0.6 is 0 Å². The molecule has 1 spiro atoms. The van der Waals surface area contributed by atoms with Crippen LogP contribution in [0, 0.1) is 23.7 Å². The van der Waals surface area contributed by atoms with Crippen LogP contribution in [0.25, 0.3) is 0 Å². The van der Waals surface area contributed by atoms with Crippen molar-refractivity contribution in [3.05, 3.63) is 35.9 Å². The van der Waals surface area contributed by atoms with Crippen LogP contribution in [0.1, 0.15) is 39.7 Å². The minimum Gasteiger partial charge on any atom is -0.394 e. The summed E-state index contributed by atoms with van der Waals surface area (Å²) in [6, 6.07) is 8.15. The molecule has 2 bridgehead atoms. The Morgan fingerprint density at radius 1 is 1.12 bits per heavy atom. The van der Waals surface area contributed by atoms with Gasteiger partial charge in [0.25, 0.3) is 0 Å². The number of morpholine rings is 1. The first-order valence-corrected chi connectivity index (χ1v) is 14.7. The molecule has 7 atom stereocenters. The van der Waals surface area contributed by atoms with Crippen LogP contribution in [0.15, 0.2) is 30.3 Å². The SMILES string of the molecule is CC(C)[C@H](CO)N1C(=O)[C@@H]2[C@H](C(=O)NCc3ccccc3)[C@@]3(C)OC2(CC3C)C1C(=O)NCCN1CCOCC1. The molecule has 3 amide bonds. The minimum absolute atomic E-state index is 0.0424. The van der Waals surface area contributed by atoms with Crippen molar-refractivity contribution >= 4 is 17.7 Å². The standard InChI is InChI=1S/C30H44N4O6/c1-19(2)22(18-35)34-25(27(37)31-10-11-33-12-14-39-15-13-33)30-16-20(3)29(4,40-30)23(24(30)28(34)38)26(36)32-17-21-8-6-5-7-9-21/h5-9,19-20,22-25,35H,10-18H2,1-4H3,(H,31,37)(H,32,36)/t20?,22-,23+,24-,25?,29-,30?/m0/s1. The third-order valence-electron chi connectivity index (χ3n) is 9.74. The lowest BCUT2D eigenvalue weighted by atomic mass is 9.62. The average Bonchev–Trinajstić information content (AvgIpc) is 3.45. The van der Waals surface area contributed by atoms with Gasteiger partial charge in [-0.2, -0.15) is 0 Å². The molecule has 3 unspecified atom stereocenters. The minimum atomic E-state index is -1.13. The Bertz CT molecular complexity index is 1090. The van der Waals surface area contributed by atoms with Crippen LogP contribution in [0.4, 0.5) is 0 Å². The van der Waals surface area contributed by atoms with Gasteiger partial charge in [0.15, 0.2) is 0 Å². The molecule has 220 valence electrons. The molecule has 0 saturated carbocycles. The third-order valence-corrected chi connectivity index (χ3v) is 9.74. The number of amides is 3. The zero-order valence-corrected chi connectivity index (χ0v) is 24.1. The maximum atomic E-state index is 14.3. The van der Waals surface area contributed by atoms with Crippen LogP contribution in [-0.4, -0.2) is 102 Å². The summed E-state index contributed by atoms with van der Waals surface area (Å²) >= 11 is 0. The predicted molar refractivity (Wildman–Crippen MR) is 148 cm³/mol. The van der Waals surface area contributed by atoms with Crippen molar-refractivity contribution in [2.24, 2.45) is 23.7 Å². The van der Waals surface area contributed by atoms with Gasteiger partial charge in [-0.1, -0.05) is 51.1 Å². The van der Waals surface area contributed by atoms with Crippen molar-refractivity contribution in [2.45, 2.75) is 63.9 Å². The van der Waals surface area contributed by atoms with Gasteiger partial charge in [-0.15, -0.1) is 0 Å². The van der Waals surface area contributed by atoms with E-state index in [1.54, 1.807) is 4.90 Å². The second kappa shape index (κ2) is 11.4. The molecule has 10 heteroatoms. The quantitative estimate of drug-likeness (QED) is 0.390. The van der Waals surface area contributed by atoms with Crippen molar-refractivity contribution in [1.82, 2.24) is 20.4 Å². The molecule has 0 aromatic heterocycles. The molecule has 1 aromatic rings. The van der Waals surface area contributed by atoms with Crippen molar-refractivity contribution in [1.29, 1.82) is 0 Å². The Morgan fingerprint density at radius 3 is 2.48 bits per heavy atom. The van der Waals surface area contributed by atoms with Crippen molar-refractivity contribution in [3.63, 3.8) is 0 Å². The summed E-state index contributed by atoms with van der Waals surface area (Å²) in [6.45, 7) is 12.0. The number of aliphatic hydroxyl groups excluding tert-OH is 1. The van der Waals surface area contributed by atoms with Gasteiger partial charge in [-0.3, -0.25) is 19.3 Å². The number of aliphatic hydroxyl groups is 1. The number of hydrogen-bond donors (Lipinski definition) is 3. The number of fused-ring (bicyclic) bond motifs is 1. The highest BCUT2D eigenvalue weighted by atomic mass is 16.5. The van der Waals surface area contributed by atoms with Crippen molar-refractivity contribution < 1.29 is 29.0 Å². The van der Waals surface area contributed by atoms with E-state index < -0.39 is 35.1 Å². The van der Waals surface area contributed by atoms with E-state index in [1.807, 2.05) is 58.0 Å². The average molecular weight is 557 g/mol. The fourth-order valence-electron chi connectivity index (χ4n) is 7.51. The molecule has 5 rings (SSSR count). The molecule has 4 saturated heterocycles. The van der Waals surface area contributed by atoms with Gasteiger partial charge in [0.1, 0.15) is 11.6 Å². The van der Waals surface area contributed by atoms with Gasteiger partial charge in [0, 0.05) is 32.7 Å². The second-order valence-corrected chi connectivity index (χ2v) is 12.4. The highest BCUT2D eigenvalue weighted by Crippen LogP contribution is 2.65. The maximum Gasteiger partial charge on any atom is 0.245 e. The van der Waals surface area contributed by atoms with E-state index in [-0.39, 0.29) is 36.2 Å². The number of carbonyl (C=O) groups excluding carboxylic acids is 3. The highest BCUT2D eigenvalue weighted by Gasteiger charge is 2.80. The van der Waals surface area contributed by atoms with E-state index in [2.05, 4.69) is 15.5 Å². The summed E-state index contributed by atoms with van der Waals surface area (Å²) in [6.07, 6.45) is 0.497. The molecule has 0 radical (unpaired) electrons. The molecule has 4 aliphatic rings. The number of carbonyl (C=O) groups is 3. The van der Waals surface area contributed by atoms with Gasteiger partial charge >= 0.3 is 0 Å². The fraction of sp³-hybridized carbons (Fsp3) is 0.700. The number of rotatable bonds is 10. The van der Waals surface area contributed by atoms with Crippen LogP contribution in [0.3, 0.4) is 0 Å². The number of nitrogens with zero attached hydrogens (tertiary/aromatic N) is 2. The zero-order chi connectivity index (χ0) is 28.7. The van der Waals surface area contributed by atoms with E-state index in [4.69, 9.17) is 9.47 Å². The summed E-state index contributed by atoms with van der Waals surface area (Å²) in [4.78, 5) is 45.9. The summed E-state index contributed by atoms with van der Waals surface area (Å²) in [5, 5.41) is 16.5. The lowest BCUT2D eigenvalue weighted by molar-refractivity contribution is -0.152. The molecule has 40 heavy (non-hydrogen) atoms. The Balaban J connectivity index is 1.43. The first-order valence-electron chi connectivity index (χ1n) is 14.7. The zero-order valence-electron chi connectivity index (χ0n) is 24.1. The molecule has 0 aliphatic carbocycles. The largest absolute Gasteiger partial charge is 0.394 e. The fourth-order valence-corrected chi connectivity index (χ4v) is 7.51. The second-order valence-electron chi connectivity index (χ2n) is 12.4. The monoisotopic (exact) mass is 556 g/mol. The number of benzene rings is 1. The number of likely N-dealkylation sites (tertiary alicyclic amines) is 1. The lowest BCUT2D eigenvalue weighted by Gasteiger charge is -2.38. The number of hydrogen-bond acceptors (Lipinski definition) is 7. The Morgan fingerprint density at radius 2 is 1.82 bits per heavy atom. The van der Waals surface area contributed by atoms with E-state index in [0.717, 1.165) is 18.7 Å². The summed E-state index contributed by atoms with van der Waals surface area (Å²) in [7, 11) is 0. The van der Waals surface area contributed by atoms with Gasteiger partial charge in [0.2, 0.25) is 17.7 Å². The maximum absolute atomic E-state index is 14.3. The van der Waals surface area contributed by atoms with E-state index in [9.17, 15) is 19.5 Å². The Kier molecular flexibility index (Phi) is 8.25. The van der Waals surface area contributed by atoms with Crippen LogP contribution < -0.4 is 10.6 Å². The summed E-state index contributed by atoms with van der Waals surface area (Å²) in [5.74, 6) is -2.49. The van der Waals surface area contributed by atoms with E-state index in [1.165, 1.54) is 0 Å². The molecule has 4 aliphatic heterocycles. The van der Waals surface area contributed by atoms with Gasteiger partial charge < -0.3 is 30.1 Å². The molecular formula is C30H44N4O6. The third kappa shape index (κ3) is 4.82. The van der Waals surface area contributed by atoms with Gasteiger partial charge in [0.05, 0.1) is 43.3 Å². The topological polar surface area (TPSA) is 120 Å². The lowest BCUT2D eigenvalue weighted by Crippen LogP contribution is -2.59. The highest BCUT2D eigenvalue weighted by molar-refractivity contribution is 5.99. The molecule has 3 N–H and O–H groups in total. The summed E-state index contributed by atoms with van der Waals surface area (Å²) in [5.41, 5.74) is -1.05. The first-order chi connectivity index (χ1) is 19.1. The predicted octanol–water partition coefficient (Wildman–Crippen LogP) is 0.779. The van der Waals surface area contributed by atoms with Crippen molar-refractivity contribution in [3.8, 4) is 0 Å². The number of ether oxygens (including phenoxy) is 2. The van der Waals surface area contributed by atoms with Crippen LogP contribution in [-0.2, 0) is 30.4 Å². The molecule has 4 heterocycles. The molecular weight excluding hydrogens is 512 g/mol. The van der Waals surface area contributed by atoms with Gasteiger partial charge in [-0.25, -0.2) is 0 Å². The molecule has 10 nitrogen and oxygen atoms in total. The van der Waals surface area contributed by atoms with Crippen molar-refractivity contribution in [2.75, 3.05) is 46.0 Å². The van der Waals surface area contributed by atoms with Crippen LogP contribution in [0.2, 0.25) is 0 Å². The van der Waals surface area contributed by atoms with Gasteiger partial charge in [-0.05, 0) is 30.7 Å². The number of nitrogens with one attached hydrogen (secondary N) is 2. The Labute approximate surface area is 236 Å². The normalized spacial score (nSPS) is 34.2. The molecule has 4 fully saturated rings. The van der Waals surface area contributed by atoms with Crippen LogP contribution in [0.5, 0.6) is 0 Å². The van der Waals surface area contributed by atoms with E-state index in [0.29, 0.717) is 39.3 Å². The molecule has 1 aromatic carbocycles. The first kappa shape index (κ1) is 29.0.